The van der Waals surface area contributed by atoms with Gasteiger partial charge < -0.3 is 10.6 Å². The lowest BCUT2D eigenvalue weighted by molar-refractivity contribution is -0.128. The fraction of sp³-hybridized carbons (Fsp3) is 0.667. The normalized spacial score (nSPS) is 11.3. The van der Waals surface area contributed by atoms with Gasteiger partial charge in [0.25, 0.3) is 0 Å². The number of rotatable bonds is 7. The predicted octanol–water partition coefficient (Wildman–Crippen LogP) is 0.678. The lowest BCUT2D eigenvalue weighted by Crippen LogP contribution is -2.39. The van der Waals surface area contributed by atoms with Gasteiger partial charge in [0.1, 0.15) is 0 Å². The van der Waals surface area contributed by atoms with Crippen LogP contribution in [0.1, 0.15) is 33.1 Å². The van der Waals surface area contributed by atoms with Crippen molar-refractivity contribution in [1.29, 1.82) is 0 Å². The van der Waals surface area contributed by atoms with Gasteiger partial charge in [0.2, 0.25) is 11.8 Å². The summed E-state index contributed by atoms with van der Waals surface area (Å²) in [5.41, 5.74) is 0. The van der Waals surface area contributed by atoms with E-state index in [0.29, 0.717) is 0 Å². The Balaban J connectivity index is 3.71. The molecule has 0 saturated carbocycles. The summed E-state index contributed by atoms with van der Waals surface area (Å²) in [6, 6.07) is 0. The molecule has 4 heteroatoms. The molecular weight excluding hydrogens is 204 g/mol. The van der Waals surface area contributed by atoms with Crippen LogP contribution in [0.3, 0.4) is 0 Å². The number of nitrogens with one attached hydrogen (secondary N) is 2. The third kappa shape index (κ3) is 6.88. The van der Waals surface area contributed by atoms with Gasteiger partial charge in [-0.3, -0.25) is 9.59 Å². The van der Waals surface area contributed by atoms with Crippen LogP contribution < -0.4 is 10.6 Å². The van der Waals surface area contributed by atoms with Crippen molar-refractivity contribution in [1.82, 2.24) is 10.6 Å². The first-order valence-electron chi connectivity index (χ1n) is 5.59. The van der Waals surface area contributed by atoms with Gasteiger partial charge in [0, 0.05) is 5.92 Å². The number of amides is 2. The molecule has 0 aromatic carbocycles. The summed E-state index contributed by atoms with van der Waals surface area (Å²) in [6.07, 6.45) is 7.93. The molecule has 0 spiro atoms. The third-order valence-corrected chi connectivity index (χ3v) is 2.25. The van der Waals surface area contributed by atoms with E-state index in [4.69, 9.17) is 6.42 Å². The summed E-state index contributed by atoms with van der Waals surface area (Å²) in [4.78, 5) is 22.6. The van der Waals surface area contributed by atoms with Gasteiger partial charge >= 0.3 is 0 Å². The van der Waals surface area contributed by atoms with Crippen molar-refractivity contribution >= 4 is 11.8 Å². The average molecular weight is 224 g/mol. The highest BCUT2D eigenvalue weighted by Gasteiger charge is 2.12. The number of carbonyl (C=O) groups excluding carboxylic acids is 2. The van der Waals surface area contributed by atoms with Gasteiger partial charge in [-0.1, -0.05) is 32.6 Å². The Morgan fingerprint density at radius 3 is 2.62 bits per heavy atom. The first kappa shape index (κ1) is 14.5. The molecule has 1 atom stereocenters. The Labute approximate surface area is 97.2 Å². The van der Waals surface area contributed by atoms with Gasteiger partial charge in [-0.2, -0.15) is 0 Å². The Bertz CT molecular complexity index is 269. The minimum Gasteiger partial charge on any atom is -0.347 e. The zero-order chi connectivity index (χ0) is 12.4. The molecule has 0 fully saturated rings. The van der Waals surface area contributed by atoms with E-state index in [0.717, 1.165) is 19.3 Å². The van der Waals surface area contributed by atoms with Crippen LogP contribution in [-0.4, -0.2) is 24.9 Å². The van der Waals surface area contributed by atoms with Crippen molar-refractivity contribution in [3.63, 3.8) is 0 Å². The fourth-order valence-corrected chi connectivity index (χ4v) is 1.20. The highest BCUT2D eigenvalue weighted by molar-refractivity contribution is 5.85. The lowest BCUT2D eigenvalue weighted by atomic mass is 10.0. The monoisotopic (exact) mass is 224 g/mol. The molecule has 0 radical (unpaired) electrons. The molecule has 0 saturated heterocycles. The zero-order valence-corrected chi connectivity index (χ0v) is 10.0. The van der Waals surface area contributed by atoms with Crippen molar-refractivity contribution in [2.45, 2.75) is 33.1 Å². The van der Waals surface area contributed by atoms with Crippen LogP contribution in [0.25, 0.3) is 0 Å². The Morgan fingerprint density at radius 1 is 1.38 bits per heavy atom. The summed E-state index contributed by atoms with van der Waals surface area (Å²) < 4.78 is 0. The summed E-state index contributed by atoms with van der Waals surface area (Å²) in [7, 11) is 0. The number of hydrogen-bond donors (Lipinski definition) is 2. The first-order chi connectivity index (χ1) is 7.61. The molecular formula is C12H20N2O2. The molecule has 0 bridgehead atoms. The fourth-order valence-electron chi connectivity index (χ4n) is 1.20. The average Bonchev–Trinajstić information content (AvgIpc) is 2.30. The maximum atomic E-state index is 11.5. The minimum absolute atomic E-state index is 0.00300. The van der Waals surface area contributed by atoms with Crippen LogP contribution in [0.2, 0.25) is 0 Å². The Kier molecular flexibility index (Phi) is 7.96. The molecule has 0 unspecified atom stereocenters. The number of hydrogen-bond acceptors (Lipinski definition) is 2. The molecule has 2 amide bonds. The second-order valence-electron chi connectivity index (χ2n) is 3.74. The molecule has 0 aliphatic carbocycles. The van der Waals surface area contributed by atoms with Gasteiger partial charge in [-0.25, -0.2) is 0 Å². The van der Waals surface area contributed by atoms with Gasteiger partial charge in [-0.15, -0.1) is 6.42 Å². The van der Waals surface area contributed by atoms with E-state index < -0.39 is 0 Å². The largest absolute Gasteiger partial charge is 0.347 e. The second kappa shape index (κ2) is 8.78. The smallest absolute Gasteiger partial charge is 0.240 e. The number of unbranched alkanes of at least 4 members (excludes halogenated alkanes) is 1. The topological polar surface area (TPSA) is 58.2 Å². The minimum atomic E-state index is -0.256. The van der Waals surface area contributed by atoms with E-state index in [1.807, 2.05) is 6.92 Å². The molecule has 16 heavy (non-hydrogen) atoms. The highest BCUT2D eigenvalue weighted by atomic mass is 16.2. The summed E-state index contributed by atoms with van der Waals surface area (Å²) in [6.45, 7) is 4.14. The summed E-state index contributed by atoms with van der Waals surface area (Å²) in [5.74, 6) is 1.92. The molecule has 0 rings (SSSR count). The molecule has 0 heterocycles. The lowest BCUT2D eigenvalue weighted by Gasteiger charge is -2.11. The number of carbonyl (C=O) groups is 2. The van der Waals surface area contributed by atoms with E-state index in [1.165, 1.54) is 0 Å². The molecule has 0 aromatic rings. The molecule has 2 N–H and O–H groups in total. The van der Waals surface area contributed by atoms with Gasteiger partial charge in [0.15, 0.2) is 0 Å². The Hall–Kier alpha value is -1.50. The van der Waals surface area contributed by atoms with E-state index >= 15 is 0 Å². The van der Waals surface area contributed by atoms with Crippen molar-refractivity contribution in [2.24, 2.45) is 5.92 Å². The standard InChI is InChI=1S/C12H20N2O2/c1-4-6-7-10(3)12(16)14-9-11(15)13-8-5-2/h2,10H,4,6-9H2,1,3H3,(H,13,15)(H,14,16)/t10-/m0/s1. The maximum absolute atomic E-state index is 11.5. The van der Waals surface area contributed by atoms with E-state index in [-0.39, 0.29) is 30.8 Å². The van der Waals surface area contributed by atoms with E-state index in [2.05, 4.69) is 23.5 Å². The quantitative estimate of drug-likeness (QED) is 0.625. The van der Waals surface area contributed by atoms with Crippen LogP contribution in [0, 0.1) is 18.3 Å². The van der Waals surface area contributed by atoms with Crippen LogP contribution in [0.4, 0.5) is 0 Å². The van der Waals surface area contributed by atoms with E-state index in [9.17, 15) is 9.59 Å². The van der Waals surface area contributed by atoms with Crippen LogP contribution >= 0.6 is 0 Å². The van der Waals surface area contributed by atoms with Crippen LogP contribution in [-0.2, 0) is 9.59 Å². The highest BCUT2D eigenvalue weighted by Crippen LogP contribution is 2.06. The predicted molar refractivity (Wildman–Crippen MR) is 63.5 cm³/mol. The third-order valence-electron chi connectivity index (χ3n) is 2.25. The molecule has 4 nitrogen and oxygen atoms in total. The maximum Gasteiger partial charge on any atom is 0.240 e. The summed E-state index contributed by atoms with van der Waals surface area (Å²) >= 11 is 0. The molecule has 90 valence electrons. The van der Waals surface area contributed by atoms with Gasteiger partial charge in [0.05, 0.1) is 13.1 Å². The van der Waals surface area contributed by atoms with Gasteiger partial charge in [-0.05, 0) is 6.42 Å². The van der Waals surface area contributed by atoms with Crippen molar-refractivity contribution in [3.05, 3.63) is 0 Å². The second-order valence-corrected chi connectivity index (χ2v) is 3.74. The molecule has 0 aliphatic heterocycles. The Morgan fingerprint density at radius 2 is 2.06 bits per heavy atom. The van der Waals surface area contributed by atoms with Crippen LogP contribution in [0.15, 0.2) is 0 Å². The van der Waals surface area contributed by atoms with Crippen molar-refractivity contribution in [2.75, 3.05) is 13.1 Å². The van der Waals surface area contributed by atoms with Crippen molar-refractivity contribution < 1.29 is 9.59 Å². The van der Waals surface area contributed by atoms with Crippen molar-refractivity contribution in [3.8, 4) is 12.3 Å². The molecule has 0 aromatic heterocycles. The molecule has 0 aliphatic rings. The first-order valence-corrected chi connectivity index (χ1v) is 5.59. The SMILES string of the molecule is C#CCNC(=O)CNC(=O)[C@@H](C)CCCC. The van der Waals surface area contributed by atoms with Crippen LogP contribution in [0.5, 0.6) is 0 Å². The summed E-state index contributed by atoms with van der Waals surface area (Å²) in [5, 5.41) is 5.06. The zero-order valence-electron chi connectivity index (χ0n) is 10.0. The number of terminal acetylenes is 1. The van der Waals surface area contributed by atoms with E-state index in [1.54, 1.807) is 0 Å².